The molecule has 0 saturated heterocycles. The Bertz CT molecular complexity index is 169. The summed E-state index contributed by atoms with van der Waals surface area (Å²) in [6.45, 7) is 9.60. The summed E-state index contributed by atoms with van der Waals surface area (Å²) in [5.74, 6) is 0.976. The molecule has 0 amide bonds. The fourth-order valence-electron chi connectivity index (χ4n) is 1.45. The number of rotatable bonds is 7. The van der Waals surface area contributed by atoms with Gasteiger partial charge in [-0.3, -0.25) is 0 Å². The minimum absolute atomic E-state index is 0.315. The van der Waals surface area contributed by atoms with Gasteiger partial charge in [-0.15, -0.1) is 0 Å². The molecule has 4 nitrogen and oxygen atoms in total. The van der Waals surface area contributed by atoms with E-state index in [1.807, 2.05) is 0 Å². The van der Waals surface area contributed by atoms with E-state index >= 15 is 0 Å². The van der Waals surface area contributed by atoms with Gasteiger partial charge in [0.05, 0.1) is 0 Å². The summed E-state index contributed by atoms with van der Waals surface area (Å²) in [5, 5.41) is 11.4. The van der Waals surface area contributed by atoms with Gasteiger partial charge in [-0.05, 0) is 18.9 Å². The molecule has 0 aromatic rings. The van der Waals surface area contributed by atoms with Crippen LogP contribution < -0.4 is 5.73 Å². The van der Waals surface area contributed by atoms with E-state index in [-0.39, 0.29) is 0 Å². The molecule has 0 fully saturated rings. The highest BCUT2D eigenvalue weighted by atomic mass is 16.4. The Morgan fingerprint density at radius 1 is 1.43 bits per heavy atom. The molecule has 3 N–H and O–H groups in total. The quantitative estimate of drug-likeness (QED) is 0.284. The van der Waals surface area contributed by atoms with Crippen molar-refractivity contribution >= 4 is 5.84 Å². The SMILES string of the molecule is CCCN(CCC(N)=NO)CC(C)C. The van der Waals surface area contributed by atoms with Gasteiger partial charge in [-0.2, -0.15) is 0 Å². The van der Waals surface area contributed by atoms with Crippen molar-refractivity contribution in [3.63, 3.8) is 0 Å². The van der Waals surface area contributed by atoms with Gasteiger partial charge in [0.1, 0.15) is 5.84 Å². The molecule has 0 heterocycles. The molecule has 0 radical (unpaired) electrons. The van der Waals surface area contributed by atoms with Gasteiger partial charge in [-0.1, -0.05) is 25.9 Å². The Kier molecular flexibility index (Phi) is 7.20. The van der Waals surface area contributed by atoms with Crippen molar-refractivity contribution in [3.8, 4) is 0 Å². The third kappa shape index (κ3) is 6.71. The zero-order chi connectivity index (χ0) is 11.0. The molecular weight excluding hydrogens is 178 g/mol. The maximum atomic E-state index is 8.40. The van der Waals surface area contributed by atoms with Gasteiger partial charge in [0.15, 0.2) is 0 Å². The highest BCUT2D eigenvalue weighted by Gasteiger charge is 2.06. The molecule has 0 aromatic heterocycles. The third-order valence-corrected chi connectivity index (χ3v) is 1.98. The van der Waals surface area contributed by atoms with Crippen LogP contribution in [0.4, 0.5) is 0 Å². The number of nitrogens with zero attached hydrogens (tertiary/aromatic N) is 2. The molecule has 0 unspecified atom stereocenters. The molecule has 84 valence electrons. The van der Waals surface area contributed by atoms with Crippen molar-refractivity contribution in [1.29, 1.82) is 0 Å². The zero-order valence-corrected chi connectivity index (χ0v) is 9.53. The number of hydrogen-bond acceptors (Lipinski definition) is 3. The molecule has 14 heavy (non-hydrogen) atoms. The standard InChI is InChI=1S/C10H23N3O/c1-4-6-13(8-9(2)3)7-5-10(11)12-14/h9,14H,4-8H2,1-3H3,(H2,11,12). The van der Waals surface area contributed by atoms with E-state index in [0.29, 0.717) is 18.2 Å². The van der Waals surface area contributed by atoms with Crippen molar-refractivity contribution in [2.24, 2.45) is 16.8 Å². The first kappa shape index (κ1) is 13.2. The van der Waals surface area contributed by atoms with Crippen LogP contribution in [0.2, 0.25) is 0 Å². The van der Waals surface area contributed by atoms with Crippen LogP contribution in [-0.2, 0) is 0 Å². The van der Waals surface area contributed by atoms with Gasteiger partial charge < -0.3 is 15.8 Å². The summed E-state index contributed by atoms with van der Waals surface area (Å²) >= 11 is 0. The largest absolute Gasteiger partial charge is 0.409 e. The summed E-state index contributed by atoms with van der Waals surface area (Å²) < 4.78 is 0. The van der Waals surface area contributed by atoms with E-state index in [4.69, 9.17) is 10.9 Å². The number of hydrogen-bond donors (Lipinski definition) is 2. The van der Waals surface area contributed by atoms with Gasteiger partial charge in [0, 0.05) is 19.5 Å². The highest BCUT2D eigenvalue weighted by molar-refractivity contribution is 5.79. The molecule has 0 aliphatic heterocycles. The molecule has 0 saturated carbocycles. The molecule has 0 aliphatic carbocycles. The first-order chi connectivity index (χ1) is 6.60. The second-order valence-electron chi connectivity index (χ2n) is 4.04. The summed E-state index contributed by atoms with van der Waals surface area (Å²) in [6.07, 6.45) is 1.78. The van der Waals surface area contributed by atoms with E-state index in [1.165, 1.54) is 0 Å². The molecule has 0 bridgehead atoms. The number of nitrogens with two attached hydrogens (primary N) is 1. The van der Waals surface area contributed by atoms with Crippen molar-refractivity contribution in [2.45, 2.75) is 33.6 Å². The van der Waals surface area contributed by atoms with Crippen LogP contribution in [-0.4, -0.2) is 35.6 Å². The second kappa shape index (κ2) is 7.62. The van der Waals surface area contributed by atoms with E-state index in [0.717, 1.165) is 26.1 Å². The Morgan fingerprint density at radius 3 is 2.50 bits per heavy atom. The Morgan fingerprint density at radius 2 is 2.07 bits per heavy atom. The molecular formula is C10H23N3O. The minimum atomic E-state index is 0.315. The van der Waals surface area contributed by atoms with E-state index in [1.54, 1.807) is 0 Å². The summed E-state index contributed by atoms with van der Waals surface area (Å²) in [5.41, 5.74) is 5.42. The topological polar surface area (TPSA) is 61.8 Å². The molecule has 0 aromatic carbocycles. The molecule has 4 heteroatoms. The first-order valence-electron chi connectivity index (χ1n) is 5.28. The van der Waals surface area contributed by atoms with Gasteiger partial charge in [0.2, 0.25) is 0 Å². The lowest BCUT2D eigenvalue weighted by atomic mass is 10.2. The summed E-state index contributed by atoms with van der Waals surface area (Å²) in [4.78, 5) is 2.35. The maximum absolute atomic E-state index is 8.40. The molecule has 0 rings (SSSR count). The van der Waals surface area contributed by atoms with Crippen LogP contribution in [0.1, 0.15) is 33.6 Å². The molecule has 0 atom stereocenters. The number of amidine groups is 1. The van der Waals surface area contributed by atoms with Crippen LogP contribution in [0.25, 0.3) is 0 Å². The van der Waals surface area contributed by atoms with Crippen LogP contribution in [0.15, 0.2) is 5.16 Å². The smallest absolute Gasteiger partial charge is 0.140 e. The van der Waals surface area contributed by atoms with Crippen LogP contribution >= 0.6 is 0 Å². The predicted molar refractivity (Wildman–Crippen MR) is 59.6 cm³/mol. The van der Waals surface area contributed by atoms with Gasteiger partial charge in [-0.25, -0.2) is 0 Å². The first-order valence-corrected chi connectivity index (χ1v) is 5.28. The Hall–Kier alpha value is -0.770. The zero-order valence-electron chi connectivity index (χ0n) is 9.53. The van der Waals surface area contributed by atoms with Crippen molar-refractivity contribution in [1.82, 2.24) is 4.90 Å². The fraction of sp³-hybridized carbons (Fsp3) is 0.900. The van der Waals surface area contributed by atoms with Crippen molar-refractivity contribution in [3.05, 3.63) is 0 Å². The van der Waals surface area contributed by atoms with Crippen molar-refractivity contribution < 1.29 is 5.21 Å². The lowest BCUT2D eigenvalue weighted by molar-refractivity contribution is 0.249. The van der Waals surface area contributed by atoms with Crippen LogP contribution in [0.3, 0.4) is 0 Å². The number of oxime groups is 1. The predicted octanol–water partition coefficient (Wildman–Crippen LogP) is 1.49. The van der Waals surface area contributed by atoms with Gasteiger partial charge >= 0.3 is 0 Å². The average Bonchev–Trinajstić information content (AvgIpc) is 2.13. The Labute approximate surface area is 86.8 Å². The van der Waals surface area contributed by atoms with Crippen LogP contribution in [0.5, 0.6) is 0 Å². The van der Waals surface area contributed by atoms with Crippen molar-refractivity contribution in [2.75, 3.05) is 19.6 Å². The maximum Gasteiger partial charge on any atom is 0.140 e. The summed E-state index contributed by atoms with van der Waals surface area (Å²) in [7, 11) is 0. The third-order valence-electron chi connectivity index (χ3n) is 1.98. The van der Waals surface area contributed by atoms with E-state index in [9.17, 15) is 0 Å². The summed E-state index contributed by atoms with van der Waals surface area (Å²) in [6, 6.07) is 0. The lowest BCUT2D eigenvalue weighted by Crippen LogP contribution is -2.32. The van der Waals surface area contributed by atoms with Gasteiger partial charge in [0.25, 0.3) is 0 Å². The normalized spacial score (nSPS) is 12.8. The minimum Gasteiger partial charge on any atom is -0.409 e. The molecule has 0 aliphatic rings. The van der Waals surface area contributed by atoms with Crippen LogP contribution in [0, 0.1) is 5.92 Å². The van der Waals surface area contributed by atoms with E-state index < -0.39 is 0 Å². The fourth-order valence-corrected chi connectivity index (χ4v) is 1.45. The second-order valence-corrected chi connectivity index (χ2v) is 4.04. The average molecular weight is 201 g/mol. The Balaban J connectivity index is 3.84. The van der Waals surface area contributed by atoms with E-state index in [2.05, 4.69) is 30.8 Å². The monoisotopic (exact) mass is 201 g/mol. The lowest BCUT2D eigenvalue weighted by Gasteiger charge is -2.23. The molecule has 0 spiro atoms. The highest BCUT2D eigenvalue weighted by Crippen LogP contribution is 2.01.